The fourth-order valence-electron chi connectivity index (χ4n) is 2.11. The Kier molecular flexibility index (Phi) is 4.37. The molecule has 2 aromatic carbocycles. The number of hydrogen-bond acceptors (Lipinski definition) is 5. The molecule has 2 amide bonds. The molecule has 0 spiro atoms. The number of anilines is 2. The van der Waals surface area contributed by atoms with Gasteiger partial charge in [0.15, 0.2) is 0 Å². The Morgan fingerprint density at radius 2 is 1.67 bits per heavy atom. The summed E-state index contributed by atoms with van der Waals surface area (Å²) in [5.74, 6) is -0.258. The van der Waals surface area contributed by atoms with Crippen LogP contribution in [0, 0.1) is 0 Å². The minimum absolute atomic E-state index is 0.258. The number of fused-ring (bicyclic) bond motifs is 1. The van der Waals surface area contributed by atoms with E-state index in [9.17, 15) is 9.59 Å². The van der Waals surface area contributed by atoms with Gasteiger partial charge in [0.2, 0.25) is 0 Å². The third kappa shape index (κ3) is 3.49. The lowest BCUT2D eigenvalue weighted by molar-refractivity contribution is 0.102. The van der Waals surface area contributed by atoms with Crippen LogP contribution >= 0.6 is 0 Å². The van der Waals surface area contributed by atoms with Gasteiger partial charge in [0, 0.05) is 16.9 Å². The lowest BCUT2D eigenvalue weighted by Crippen LogP contribution is -2.14. The molecule has 0 radical (unpaired) electrons. The number of ether oxygens (including phenoxy) is 1. The van der Waals surface area contributed by atoms with Crippen LogP contribution in [0.15, 0.2) is 42.5 Å². The van der Waals surface area contributed by atoms with Crippen molar-refractivity contribution in [2.45, 2.75) is 6.92 Å². The summed E-state index contributed by atoms with van der Waals surface area (Å²) in [7, 11) is 0. The molecule has 0 saturated carbocycles. The summed E-state index contributed by atoms with van der Waals surface area (Å²) < 4.78 is 4.79. The van der Waals surface area contributed by atoms with Crippen molar-refractivity contribution in [3.05, 3.63) is 48.0 Å². The molecule has 3 N–H and O–H groups in total. The highest BCUT2D eigenvalue weighted by molar-refractivity contribution is 6.06. The minimum atomic E-state index is -0.518. The molecule has 0 atom stereocenters. The van der Waals surface area contributed by atoms with Crippen molar-refractivity contribution in [3.8, 4) is 0 Å². The van der Waals surface area contributed by atoms with Gasteiger partial charge in [-0.15, -0.1) is 0 Å². The van der Waals surface area contributed by atoms with Gasteiger partial charge in [-0.25, -0.2) is 4.79 Å². The molecule has 3 rings (SSSR count). The van der Waals surface area contributed by atoms with E-state index in [2.05, 4.69) is 26.0 Å². The summed E-state index contributed by atoms with van der Waals surface area (Å²) in [6, 6.07) is 11.8. The lowest BCUT2D eigenvalue weighted by atomic mass is 10.2. The fourth-order valence-corrected chi connectivity index (χ4v) is 2.11. The first-order chi connectivity index (χ1) is 11.7. The molecule has 24 heavy (non-hydrogen) atoms. The first-order valence-electron chi connectivity index (χ1n) is 7.31. The van der Waals surface area contributed by atoms with Crippen molar-refractivity contribution >= 4 is 34.4 Å². The summed E-state index contributed by atoms with van der Waals surface area (Å²) >= 11 is 0. The second-order valence-corrected chi connectivity index (χ2v) is 4.90. The van der Waals surface area contributed by atoms with Crippen LogP contribution in [0.2, 0.25) is 0 Å². The van der Waals surface area contributed by atoms with Gasteiger partial charge >= 0.3 is 6.09 Å². The Morgan fingerprint density at radius 3 is 2.38 bits per heavy atom. The number of hydrogen-bond donors (Lipinski definition) is 3. The van der Waals surface area contributed by atoms with Crippen LogP contribution < -0.4 is 10.6 Å². The zero-order chi connectivity index (χ0) is 16.9. The van der Waals surface area contributed by atoms with E-state index in [1.807, 2.05) is 0 Å². The average molecular weight is 325 g/mol. The highest BCUT2D eigenvalue weighted by Crippen LogP contribution is 2.16. The number of rotatable bonds is 4. The van der Waals surface area contributed by atoms with Crippen LogP contribution in [-0.2, 0) is 4.74 Å². The molecule has 1 heterocycles. The number of carbonyl (C=O) groups excluding carboxylic acids is 2. The van der Waals surface area contributed by atoms with Crippen molar-refractivity contribution in [1.82, 2.24) is 15.4 Å². The predicted molar refractivity (Wildman–Crippen MR) is 88.9 cm³/mol. The number of H-pyrrole nitrogens is 1. The van der Waals surface area contributed by atoms with Crippen molar-refractivity contribution in [2.24, 2.45) is 0 Å². The molecule has 0 aliphatic rings. The maximum atomic E-state index is 12.3. The molecule has 122 valence electrons. The second kappa shape index (κ2) is 6.78. The van der Waals surface area contributed by atoms with Gasteiger partial charge in [-0.2, -0.15) is 15.4 Å². The normalized spacial score (nSPS) is 10.4. The molecule has 3 aromatic rings. The first-order valence-corrected chi connectivity index (χ1v) is 7.31. The highest BCUT2D eigenvalue weighted by atomic mass is 16.5. The Bertz CT molecular complexity index is 873. The van der Waals surface area contributed by atoms with Crippen molar-refractivity contribution in [3.63, 3.8) is 0 Å². The minimum Gasteiger partial charge on any atom is -0.450 e. The number of aromatic nitrogens is 3. The number of nitrogens with zero attached hydrogens (tertiary/aromatic N) is 2. The van der Waals surface area contributed by atoms with E-state index in [0.29, 0.717) is 34.6 Å². The quantitative estimate of drug-likeness (QED) is 0.683. The molecule has 0 aliphatic heterocycles. The summed E-state index contributed by atoms with van der Waals surface area (Å²) in [5, 5.41) is 15.8. The molecule has 0 saturated heterocycles. The molecule has 0 bridgehead atoms. The van der Waals surface area contributed by atoms with E-state index >= 15 is 0 Å². The Balaban J connectivity index is 1.66. The maximum Gasteiger partial charge on any atom is 0.411 e. The van der Waals surface area contributed by atoms with Crippen molar-refractivity contribution in [1.29, 1.82) is 0 Å². The molecule has 0 unspecified atom stereocenters. The highest BCUT2D eigenvalue weighted by Gasteiger charge is 2.09. The third-order valence-corrected chi connectivity index (χ3v) is 3.24. The number of aromatic amines is 1. The lowest BCUT2D eigenvalue weighted by Gasteiger charge is -2.08. The van der Waals surface area contributed by atoms with Crippen molar-refractivity contribution < 1.29 is 14.3 Å². The predicted octanol–water partition coefficient (Wildman–Crippen LogP) is 2.78. The van der Waals surface area contributed by atoms with Crippen LogP contribution in [0.1, 0.15) is 17.3 Å². The maximum absolute atomic E-state index is 12.3. The van der Waals surface area contributed by atoms with Crippen LogP contribution in [0.3, 0.4) is 0 Å². The topological polar surface area (TPSA) is 109 Å². The van der Waals surface area contributed by atoms with Crippen molar-refractivity contribution in [2.75, 3.05) is 17.2 Å². The number of carbonyl (C=O) groups is 2. The summed E-state index contributed by atoms with van der Waals surface area (Å²) in [6.45, 7) is 2.03. The van der Waals surface area contributed by atoms with E-state index in [0.717, 1.165) is 0 Å². The van der Waals surface area contributed by atoms with Gasteiger partial charge in [0.25, 0.3) is 5.91 Å². The van der Waals surface area contributed by atoms with Crippen LogP contribution in [0.25, 0.3) is 11.0 Å². The zero-order valence-corrected chi connectivity index (χ0v) is 12.9. The number of amides is 2. The van der Waals surface area contributed by atoms with E-state index in [-0.39, 0.29) is 5.91 Å². The van der Waals surface area contributed by atoms with Crippen LogP contribution in [0.5, 0.6) is 0 Å². The monoisotopic (exact) mass is 325 g/mol. The Labute approximate surface area is 137 Å². The van der Waals surface area contributed by atoms with Gasteiger partial charge in [0.05, 0.1) is 6.61 Å². The molecule has 1 aromatic heterocycles. The van der Waals surface area contributed by atoms with E-state index < -0.39 is 6.09 Å². The molecular weight excluding hydrogens is 310 g/mol. The van der Waals surface area contributed by atoms with Gasteiger partial charge in [-0.3, -0.25) is 10.1 Å². The average Bonchev–Trinajstić information content (AvgIpc) is 3.04. The number of nitrogens with one attached hydrogen (secondary N) is 3. The van der Waals surface area contributed by atoms with Gasteiger partial charge < -0.3 is 10.1 Å². The molecule has 0 fully saturated rings. The summed E-state index contributed by atoms with van der Waals surface area (Å²) in [5.41, 5.74) is 2.98. The SMILES string of the molecule is CCOC(=O)Nc1ccc(NC(=O)c2ccc3n[nH]nc3c2)cc1. The van der Waals surface area contributed by atoms with Gasteiger partial charge in [0.1, 0.15) is 11.0 Å². The zero-order valence-electron chi connectivity index (χ0n) is 12.9. The third-order valence-electron chi connectivity index (χ3n) is 3.24. The molecule has 0 aliphatic carbocycles. The van der Waals surface area contributed by atoms with E-state index in [4.69, 9.17) is 4.74 Å². The summed E-state index contributed by atoms with van der Waals surface area (Å²) in [6.07, 6.45) is -0.518. The first kappa shape index (κ1) is 15.5. The van der Waals surface area contributed by atoms with E-state index in [1.165, 1.54) is 0 Å². The molecular formula is C16H15N5O3. The Hall–Kier alpha value is -3.42. The smallest absolute Gasteiger partial charge is 0.411 e. The van der Waals surface area contributed by atoms with Gasteiger partial charge in [-0.1, -0.05) is 0 Å². The second-order valence-electron chi connectivity index (χ2n) is 4.90. The fraction of sp³-hybridized carbons (Fsp3) is 0.125. The van der Waals surface area contributed by atoms with Gasteiger partial charge in [-0.05, 0) is 49.4 Å². The van der Waals surface area contributed by atoms with Crippen LogP contribution in [-0.4, -0.2) is 34.0 Å². The van der Waals surface area contributed by atoms with Crippen LogP contribution in [0.4, 0.5) is 16.2 Å². The summed E-state index contributed by atoms with van der Waals surface area (Å²) in [4.78, 5) is 23.6. The Morgan fingerprint density at radius 1 is 1.00 bits per heavy atom. The van der Waals surface area contributed by atoms with E-state index in [1.54, 1.807) is 49.4 Å². The molecule has 8 nitrogen and oxygen atoms in total. The standard InChI is InChI=1S/C16H15N5O3/c1-2-24-16(23)18-12-6-4-11(5-7-12)17-15(22)10-3-8-13-14(9-10)20-21-19-13/h3-9H,2H2,1H3,(H,17,22)(H,18,23)(H,19,20,21). The largest absolute Gasteiger partial charge is 0.450 e. The number of benzene rings is 2. The molecule has 8 heteroatoms.